The van der Waals surface area contributed by atoms with Gasteiger partial charge in [-0.15, -0.1) is 0 Å². The molecule has 2 aromatic rings. The first-order valence-electron chi connectivity index (χ1n) is 9.35. The van der Waals surface area contributed by atoms with Crippen molar-refractivity contribution in [2.24, 2.45) is 5.92 Å². The highest BCUT2D eigenvalue weighted by molar-refractivity contribution is 5.15. The molecule has 1 aliphatic heterocycles. The van der Waals surface area contributed by atoms with E-state index in [9.17, 15) is 0 Å². The number of aryl methyl sites for hydroxylation is 1. The van der Waals surface area contributed by atoms with E-state index in [1.807, 2.05) is 0 Å². The molecule has 1 aliphatic rings. The number of likely N-dealkylation sites (tertiary alicyclic amines) is 1. The molecule has 1 N–H and O–H groups in total. The van der Waals surface area contributed by atoms with E-state index < -0.39 is 0 Å². The van der Waals surface area contributed by atoms with Crippen LogP contribution < -0.4 is 5.32 Å². The van der Waals surface area contributed by atoms with Crippen molar-refractivity contribution >= 4 is 0 Å². The van der Waals surface area contributed by atoms with Crippen molar-refractivity contribution in [2.75, 3.05) is 19.6 Å². The smallest absolute Gasteiger partial charge is 0.0233 e. The molecule has 0 aromatic heterocycles. The van der Waals surface area contributed by atoms with Crippen LogP contribution in [0.15, 0.2) is 60.7 Å². The normalized spacial score (nSPS) is 19.5. The second-order valence-corrected chi connectivity index (χ2v) is 7.10. The van der Waals surface area contributed by atoms with Crippen molar-refractivity contribution in [3.8, 4) is 0 Å². The molecule has 0 aliphatic carbocycles. The molecule has 0 saturated carbocycles. The van der Waals surface area contributed by atoms with Crippen molar-refractivity contribution in [3.05, 3.63) is 71.8 Å². The van der Waals surface area contributed by atoms with E-state index in [0.29, 0.717) is 6.04 Å². The second kappa shape index (κ2) is 9.00. The fourth-order valence-electron chi connectivity index (χ4n) is 3.69. The Kier molecular flexibility index (Phi) is 6.45. The Bertz CT molecular complexity index is 581. The summed E-state index contributed by atoms with van der Waals surface area (Å²) in [6.45, 7) is 7.03. The molecule has 1 heterocycles. The third-order valence-electron chi connectivity index (χ3n) is 5.22. The Hall–Kier alpha value is -1.64. The molecule has 1 saturated heterocycles. The molecule has 0 unspecified atom stereocenters. The Morgan fingerprint density at radius 3 is 2.38 bits per heavy atom. The van der Waals surface area contributed by atoms with Crippen LogP contribution in [0.1, 0.15) is 30.9 Å². The van der Waals surface area contributed by atoms with Gasteiger partial charge < -0.3 is 5.32 Å². The standard InChI is InChI=1S/C22H30N2/c1-19(23-15-8-13-20-9-4-2-5-10-20)22-14-16-24(18-22)17-21-11-6-3-7-12-21/h2-7,9-12,19,22-23H,8,13-18H2,1H3/t19-,22-/m1/s1. The van der Waals surface area contributed by atoms with Crippen molar-refractivity contribution in [3.63, 3.8) is 0 Å². The molecule has 24 heavy (non-hydrogen) atoms. The van der Waals surface area contributed by atoms with Gasteiger partial charge in [0, 0.05) is 19.1 Å². The second-order valence-electron chi connectivity index (χ2n) is 7.10. The lowest BCUT2D eigenvalue weighted by atomic mass is 10.0. The molecular formula is C22H30N2. The summed E-state index contributed by atoms with van der Waals surface area (Å²) in [6, 6.07) is 22.3. The topological polar surface area (TPSA) is 15.3 Å². The number of rotatable bonds is 8. The molecular weight excluding hydrogens is 292 g/mol. The van der Waals surface area contributed by atoms with Crippen molar-refractivity contribution in [2.45, 2.75) is 38.8 Å². The van der Waals surface area contributed by atoms with Crippen LogP contribution in [0.2, 0.25) is 0 Å². The number of hydrogen-bond acceptors (Lipinski definition) is 2. The minimum Gasteiger partial charge on any atom is -0.314 e. The van der Waals surface area contributed by atoms with Gasteiger partial charge in [-0.1, -0.05) is 60.7 Å². The Balaban J connectivity index is 1.35. The molecule has 0 amide bonds. The summed E-state index contributed by atoms with van der Waals surface area (Å²) in [4.78, 5) is 2.60. The van der Waals surface area contributed by atoms with E-state index in [4.69, 9.17) is 0 Å². The summed E-state index contributed by atoms with van der Waals surface area (Å²) in [6.07, 6.45) is 3.71. The van der Waals surface area contributed by atoms with Gasteiger partial charge in [-0.05, 0) is 56.3 Å². The maximum atomic E-state index is 3.75. The summed E-state index contributed by atoms with van der Waals surface area (Å²) in [5, 5.41) is 3.75. The summed E-state index contributed by atoms with van der Waals surface area (Å²) in [5.74, 6) is 0.783. The van der Waals surface area contributed by atoms with E-state index in [-0.39, 0.29) is 0 Å². The molecule has 2 heteroatoms. The first kappa shape index (κ1) is 17.2. The summed E-state index contributed by atoms with van der Waals surface area (Å²) < 4.78 is 0. The monoisotopic (exact) mass is 322 g/mol. The Labute approximate surface area is 146 Å². The van der Waals surface area contributed by atoms with Gasteiger partial charge in [0.2, 0.25) is 0 Å². The quantitative estimate of drug-likeness (QED) is 0.736. The van der Waals surface area contributed by atoms with Gasteiger partial charge in [-0.2, -0.15) is 0 Å². The number of benzene rings is 2. The van der Waals surface area contributed by atoms with E-state index in [2.05, 4.69) is 77.8 Å². The number of hydrogen-bond donors (Lipinski definition) is 1. The third kappa shape index (κ3) is 5.19. The zero-order chi connectivity index (χ0) is 16.6. The maximum Gasteiger partial charge on any atom is 0.0233 e. The molecule has 1 fully saturated rings. The predicted molar refractivity (Wildman–Crippen MR) is 102 cm³/mol. The first-order valence-corrected chi connectivity index (χ1v) is 9.35. The maximum absolute atomic E-state index is 3.75. The zero-order valence-electron chi connectivity index (χ0n) is 14.8. The Morgan fingerprint density at radius 1 is 1.00 bits per heavy atom. The summed E-state index contributed by atoms with van der Waals surface area (Å²) in [5.41, 5.74) is 2.88. The van der Waals surface area contributed by atoms with E-state index in [1.54, 1.807) is 0 Å². The predicted octanol–water partition coefficient (Wildman–Crippen LogP) is 4.12. The molecule has 2 atom stereocenters. The highest BCUT2D eigenvalue weighted by Gasteiger charge is 2.26. The van der Waals surface area contributed by atoms with Gasteiger partial charge >= 0.3 is 0 Å². The highest BCUT2D eigenvalue weighted by Crippen LogP contribution is 2.21. The number of nitrogens with zero attached hydrogens (tertiary/aromatic N) is 1. The molecule has 0 radical (unpaired) electrons. The molecule has 128 valence electrons. The lowest BCUT2D eigenvalue weighted by molar-refractivity contribution is 0.297. The van der Waals surface area contributed by atoms with Crippen LogP contribution in [0.3, 0.4) is 0 Å². The SMILES string of the molecule is C[C@@H](NCCCc1ccccc1)[C@@H]1CCN(Cc2ccccc2)C1. The average molecular weight is 322 g/mol. The minimum atomic E-state index is 0.613. The highest BCUT2D eigenvalue weighted by atomic mass is 15.2. The van der Waals surface area contributed by atoms with Gasteiger partial charge in [0.25, 0.3) is 0 Å². The number of nitrogens with one attached hydrogen (secondary N) is 1. The van der Waals surface area contributed by atoms with E-state index in [1.165, 1.54) is 43.5 Å². The molecule has 0 bridgehead atoms. The lowest BCUT2D eigenvalue weighted by Gasteiger charge is -2.22. The molecule has 2 aromatic carbocycles. The zero-order valence-corrected chi connectivity index (χ0v) is 14.8. The van der Waals surface area contributed by atoms with Gasteiger partial charge in [-0.25, -0.2) is 0 Å². The van der Waals surface area contributed by atoms with Gasteiger partial charge in [0.05, 0.1) is 0 Å². The molecule has 0 spiro atoms. The van der Waals surface area contributed by atoms with Crippen LogP contribution in [0, 0.1) is 5.92 Å². The van der Waals surface area contributed by atoms with Crippen molar-refractivity contribution in [1.82, 2.24) is 10.2 Å². The summed E-state index contributed by atoms with van der Waals surface area (Å²) >= 11 is 0. The average Bonchev–Trinajstić information content (AvgIpc) is 3.09. The van der Waals surface area contributed by atoms with Gasteiger partial charge in [0.15, 0.2) is 0 Å². The van der Waals surface area contributed by atoms with Crippen LogP contribution in [-0.4, -0.2) is 30.6 Å². The largest absolute Gasteiger partial charge is 0.314 e. The van der Waals surface area contributed by atoms with E-state index >= 15 is 0 Å². The van der Waals surface area contributed by atoms with Crippen LogP contribution in [-0.2, 0) is 13.0 Å². The van der Waals surface area contributed by atoms with Crippen LogP contribution in [0.4, 0.5) is 0 Å². The molecule has 3 rings (SSSR count). The van der Waals surface area contributed by atoms with Gasteiger partial charge in [0.1, 0.15) is 0 Å². The van der Waals surface area contributed by atoms with E-state index in [0.717, 1.165) is 19.0 Å². The minimum absolute atomic E-state index is 0.613. The fourth-order valence-corrected chi connectivity index (χ4v) is 3.69. The third-order valence-corrected chi connectivity index (χ3v) is 5.22. The van der Waals surface area contributed by atoms with Gasteiger partial charge in [-0.3, -0.25) is 4.90 Å². The lowest BCUT2D eigenvalue weighted by Crippen LogP contribution is -2.36. The van der Waals surface area contributed by atoms with Crippen LogP contribution in [0.5, 0.6) is 0 Å². The Morgan fingerprint density at radius 2 is 1.67 bits per heavy atom. The summed E-state index contributed by atoms with van der Waals surface area (Å²) in [7, 11) is 0. The van der Waals surface area contributed by atoms with Crippen LogP contribution in [0.25, 0.3) is 0 Å². The van der Waals surface area contributed by atoms with Crippen molar-refractivity contribution in [1.29, 1.82) is 0 Å². The molecule has 2 nitrogen and oxygen atoms in total. The fraction of sp³-hybridized carbons (Fsp3) is 0.455. The first-order chi connectivity index (χ1) is 11.8. The van der Waals surface area contributed by atoms with Crippen LogP contribution >= 0.6 is 0 Å². The van der Waals surface area contributed by atoms with Crippen molar-refractivity contribution < 1.29 is 0 Å².